The van der Waals surface area contributed by atoms with Crippen LogP contribution in [0.1, 0.15) is 58.4 Å². The molecule has 4 nitrogen and oxygen atoms in total. The summed E-state index contributed by atoms with van der Waals surface area (Å²) < 4.78 is 14.7. The zero-order valence-electron chi connectivity index (χ0n) is 42.5. The molecule has 0 saturated carbocycles. The molecule has 0 N–H and O–H groups in total. The highest BCUT2D eigenvalue weighted by atomic mass is 16.5. The highest BCUT2D eigenvalue weighted by molar-refractivity contribution is 6.10. The first-order chi connectivity index (χ1) is 36.8. The molecule has 0 bridgehead atoms. The fourth-order valence-corrected chi connectivity index (χ4v) is 10.9. The number of fused-ring (bicyclic) bond motifs is 6. The van der Waals surface area contributed by atoms with Gasteiger partial charge in [-0.3, -0.25) is 0 Å². The van der Waals surface area contributed by atoms with Crippen molar-refractivity contribution in [3.63, 3.8) is 0 Å². The second-order valence-corrected chi connectivity index (χ2v) is 20.2. The quantitative estimate of drug-likeness (QED) is 0.0965. The van der Waals surface area contributed by atoms with E-state index in [1.54, 1.807) is 0 Å². The van der Waals surface area contributed by atoms with Gasteiger partial charge in [-0.05, 0) is 151 Å². The molecular formula is C71H58N2O2. The summed E-state index contributed by atoms with van der Waals surface area (Å²) in [5.74, 6) is 0. The molecule has 4 heteroatoms. The molecule has 0 spiro atoms. The minimum atomic E-state index is -0.195. The maximum absolute atomic E-state index is 6.24. The predicted molar refractivity (Wildman–Crippen MR) is 314 cm³/mol. The second-order valence-electron chi connectivity index (χ2n) is 20.2. The van der Waals surface area contributed by atoms with Crippen molar-refractivity contribution in [3.05, 3.63) is 288 Å². The van der Waals surface area contributed by atoms with Crippen molar-refractivity contribution < 1.29 is 9.47 Å². The van der Waals surface area contributed by atoms with Crippen LogP contribution in [0.25, 0.3) is 73.0 Å². The average molecular weight is 971 g/mol. The zero-order valence-corrected chi connectivity index (χ0v) is 42.5. The molecule has 11 aromatic rings. The van der Waals surface area contributed by atoms with E-state index in [-0.39, 0.29) is 5.41 Å². The number of benzene rings is 10. The molecule has 0 amide bonds. The Morgan fingerprint density at radius 3 is 1.51 bits per heavy atom. The van der Waals surface area contributed by atoms with Crippen LogP contribution < -0.4 is 4.90 Å². The highest BCUT2D eigenvalue weighted by Gasteiger charge is 2.36. The second kappa shape index (κ2) is 20.2. The third-order valence-corrected chi connectivity index (χ3v) is 15.0. The Balaban J connectivity index is 0.835. The van der Waals surface area contributed by atoms with Crippen LogP contribution in [-0.2, 0) is 41.3 Å². The van der Waals surface area contributed by atoms with Crippen LogP contribution in [0, 0.1) is 0 Å². The monoisotopic (exact) mass is 970 g/mol. The lowest BCUT2D eigenvalue weighted by atomic mass is 9.82. The summed E-state index contributed by atoms with van der Waals surface area (Å²) in [7, 11) is 0. The SMILES string of the molecule is C=Cc1ccc(COCc2ccc(-n3c4ccccc4c4cc(-c5ccc(N(c6ccc(-c7ccccc7)cc6)c6ccc7c(c6)C(C)(C)c6ccc(COCc8ccc(C=C)cc8)cc6-7)cc5)ccc43)cc2)cc1. The van der Waals surface area contributed by atoms with E-state index in [2.05, 4.69) is 267 Å². The molecule has 10 aromatic carbocycles. The molecule has 1 aliphatic carbocycles. The Bertz CT molecular complexity index is 3850. The van der Waals surface area contributed by atoms with E-state index in [1.807, 2.05) is 12.2 Å². The minimum absolute atomic E-state index is 0.195. The first kappa shape index (κ1) is 47.2. The van der Waals surface area contributed by atoms with Crippen molar-refractivity contribution in [2.75, 3.05) is 4.90 Å². The number of hydrogen-bond acceptors (Lipinski definition) is 3. The van der Waals surface area contributed by atoms with E-state index in [0.29, 0.717) is 26.4 Å². The molecule has 1 aliphatic rings. The third kappa shape index (κ3) is 9.32. The van der Waals surface area contributed by atoms with Crippen LogP contribution in [0.5, 0.6) is 0 Å². The van der Waals surface area contributed by atoms with E-state index in [0.717, 1.165) is 56.1 Å². The molecule has 0 aliphatic heterocycles. The molecule has 0 unspecified atom stereocenters. The first-order valence-corrected chi connectivity index (χ1v) is 25.9. The number of rotatable bonds is 16. The van der Waals surface area contributed by atoms with Crippen molar-refractivity contribution >= 4 is 51.0 Å². The number of aromatic nitrogens is 1. The van der Waals surface area contributed by atoms with Crippen molar-refractivity contribution in [1.29, 1.82) is 0 Å². The number of para-hydroxylation sites is 1. The lowest BCUT2D eigenvalue weighted by Gasteiger charge is -2.28. The van der Waals surface area contributed by atoms with Crippen molar-refractivity contribution in [3.8, 4) is 39.1 Å². The fraction of sp³-hybridized carbons (Fsp3) is 0.0986. The lowest BCUT2D eigenvalue weighted by molar-refractivity contribution is 0.107. The van der Waals surface area contributed by atoms with Crippen LogP contribution in [0.2, 0.25) is 0 Å². The van der Waals surface area contributed by atoms with Gasteiger partial charge in [0, 0.05) is 38.9 Å². The maximum Gasteiger partial charge on any atom is 0.0721 e. The van der Waals surface area contributed by atoms with Gasteiger partial charge in [0.25, 0.3) is 0 Å². The van der Waals surface area contributed by atoms with Gasteiger partial charge < -0.3 is 18.9 Å². The van der Waals surface area contributed by atoms with Crippen LogP contribution in [0.15, 0.2) is 244 Å². The summed E-state index contributed by atoms with van der Waals surface area (Å²) >= 11 is 0. The molecule has 75 heavy (non-hydrogen) atoms. The van der Waals surface area contributed by atoms with E-state index in [4.69, 9.17) is 9.47 Å². The Morgan fingerprint density at radius 2 is 0.893 bits per heavy atom. The van der Waals surface area contributed by atoms with Gasteiger partial charge in [-0.1, -0.05) is 197 Å². The predicted octanol–water partition coefficient (Wildman–Crippen LogP) is 18.6. The normalized spacial score (nSPS) is 12.4. The van der Waals surface area contributed by atoms with Gasteiger partial charge in [0.15, 0.2) is 0 Å². The zero-order chi connectivity index (χ0) is 50.9. The first-order valence-electron chi connectivity index (χ1n) is 25.9. The van der Waals surface area contributed by atoms with E-state index in [1.165, 1.54) is 66.3 Å². The standard InChI is InChI=1S/C71H58N2O2/c1-5-49-16-20-51(21-17-49)45-74-47-53-24-32-61(33-25-53)73-69-15-11-10-14-64(69)66-43-58(31-41-70(66)73)57-29-36-60(37-30-57)72(59-34-27-56(28-35-59)55-12-8-7-9-13-55)62-38-39-63-65-42-54(26-40-67(65)71(3,4)68(63)44-62)48-75-46-52-22-18-50(6-2)19-23-52/h5-44H,1-2,45-48H2,3-4H3. The van der Waals surface area contributed by atoms with Gasteiger partial charge in [0.05, 0.1) is 37.5 Å². The summed E-state index contributed by atoms with van der Waals surface area (Å²) in [6, 6.07) is 83.6. The summed E-state index contributed by atoms with van der Waals surface area (Å²) in [5.41, 5.74) is 23.3. The number of ether oxygens (including phenoxy) is 2. The van der Waals surface area contributed by atoms with Crippen molar-refractivity contribution in [1.82, 2.24) is 4.57 Å². The average Bonchev–Trinajstić information content (AvgIpc) is 3.99. The summed E-state index contributed by atoms with van der Waals surface area (Å²) in [6.07, 6.45) is 3.72. The largest absolute Gasteiger partial charge is 0.372 e. The molecule has 364 valence electrons. The molecule has 0 atom stereocenters. The van der Waals surface area contributed by atoms with Gasteiger partial charge in [0.1, 0.15) is 0 Å². The summed E-state index contributed by atoms with van der Waals surface area (Å²) in [6.45, 7) is 14.7. The van der Waals surface area contributed by atoms with Crippen LogP contribution in [-0.4, -0.2) is 4.57 Å². The molecular weight excluding hydrogens is 913 g/mol. The molecule has 12 rings (SSSR count). The van der Waals surface area contributed by atoms with Crippen LogP contribution in [0.3, 0.4) is 0 Å². The number of hydrogen-bond donors (Lipinski definition) is 0. The van der Waals surface area contributed by atoms with Crippen LogP contribution in [0.4, 0.5) is 17.1 Å². The van der Waals surface area contributed by atoms with Gasteiger partial charge in [-0.15, -0.1) is 0 Å². The summed E-state index contributed by atoms with van der Waals surface area (Å²) in [4.78, 5) is 2.40. The van der Waals surface area contributed by atoms with Crippen LogP contribution >= 0.6 is 0 Å². The smallest absolute Gasteiger partial charge is 0.0721 e. The van der Waals surface area contributed by atoms with Crippen molar-refractivity contribution in [2.45, 2.75) is 45.7 Å². The fourth-order valence-electron chi connectivity index (χ4n) is 10.9. The van der Waals surface area contributed by atoms with Gasteiger partial charge in [-0.25, -0.2) is 0 Å². The Morgan fingerprint density at radius 1 is 0.400 bits per heavy atom. The topological polar surface area (TPSA) is 26.6 Å². The Hall–Kier alpha value is -8.80. The minimum Gasteiger partial charge on any atom is -0.372 e. The molecule has 0 saturated heterocycles. The molecule has 0 fully saturated rings. The van der Waals surface area contributed by atoms with Crippen molar-refractivity contribution in [2.24, 2.45) is 0 Å². The molecule has 0 radical (unpaired) electrons. The summed E-state index contributed by atoms with van der Waals surface area (Å²) in [5, 5.41) is 2.45. The van der Waals surface area contributed by atoms with Gasteiger partial charge in [0.2, 0.25) is 0 Å². The van der Waals surface area contributed by atoms with E-state index >= 15 is 0 Å². The van der Waals surface area contributed by atoms with E-state index < -0.39 is 0 Å². The molecule has 1 aromatic heterocycles. The van der Waals surface area contributed by atoms with Gasteiger partial charge >= 0.3 is 0 Å². The van der Waals surface area contributed by atoms with E-state index in [9.17, 15) is 0 Å². The third-order valence-electron chi connectivity index (χ3n) is 15.0. The molecule has 1 heterocycles. The maximum atomic E-state index is 6.24. The Kier molecular flexibility index (Phi) is 12.7. The Labute approximate surface area is 440 Å². The van der Waals surface area contributed by atoms with Gasteiger partial charge in [-0.2, -0.15) is 0 Å². The number of anilines is 3. The lowest BCUT2D eigenvalue weighted by Crippen LogP contribution is -2.16. The number of nitrogens with zero attached hydrogens (tertiary/aromatic N) is 2. The highest BCUT2D eigenvalue weighted by Crippen LogP contribution is 2.51.